The first-order valence-corrected chi connectivity index (χ1v) is 9.44. The summed E-state index contributed by atoms with van der Waals surface area (Å²) < 4.78 is 0. The van der Waals surface area contributed by atoms with Crippen LogP contribution in [0.2, 0.25) is 0 Å². The molecule has 0 spiro atoms. The molecule has 1 amide bonds. The number of hydrogen-bond donors (Lipinski definition) is 1. The normalized spacial score (nSPS) is 17.2. The molecule has 1 fully saturated rings. The summed E-state index contributed by atoms with van der Waals surface area (Å²) in [7, 11) is 0. The topological polar surface area (TPSA) is 66.1 Å². The number of imidazole rings is 1. The third kappa shape index (κ3) is 3.77. The Morgan fingerprint density at radius 1 is 1.15 bits per heavy atom. The van der Waals surface area contributed by atoms with Crippen LogP contribution in [0.1, 0.15) is 46.3 Å². The van der Waals surface area contributed by atoms with E-state index in [9.17, 15) is 9.59 Å². The number of aromatic nitrogens is 2. The maximum Gasteiger partial charge on any atom is 0.253 e. The SMILES string of the molecule is CC(=O)c1cccc(C(=O)N2CCC[C@H](Cc3nc4ccccc4[nH]3)C2)c1. The Morgan fingerprint density at radius 3 is 2.78 bits per heavy atom. The van der Waals surface area contributed by atoms with E-state index in [1.54, 1.807) is 24.3 Å². The van der Waals surface area contributed by atoms with Gasteiger partial charge in [0.2, 0.25) is 0 Å². The van der Waals surface area contributed by atoms with Crippen LogP contribution in [0, 0.1) is 5.92 Å². The number of H-pyrrole nitrogens is 1. The highest BCUT2D eigenvalue weighted by atomic mass is 16.2. The molecule has 1 atom stereocenters. The number of benzene rings is 2. The predicted molar refractivity (Wildman–Crippen MR) is 105 cm³/mol. The summed E-state index contributed by atoms with van der Waals surface area (Å²) in [6, 6.07) is 15.0. The van der Waals surface area contributed by atoms with Gasteiger partial charge in [-0.05, 0) is 49.9 Å². The Bertz CT molecular complexity index is 959. The zero-order chi connectivity index (χ0) is 18.8. The van der Waals surface area contributed by atoms with E-state index in [4.69, 9.17) is 0 Å². The number of hydrogen-bond acceptors (Lipinski definition) is 3. The summed E-state index contributed by atoms with van der Waals surface area (Å²) in [4.78, 5) is 34.5. The van der Waals surface area contributed by atoms with Crippen molar-refractivity contribution in [3.63, 3.8) is 0 Å². The van der Waals surface area contributed by atoms with Crippen LogP contribution in [-0.4, -0.2) is 39.6 Å². The highest BCUT2D eigenvalue weighted by Crippen LogP contribution is 2.23. The van der Waals surface area contributed by atoms with Crippen molar-refractivity contribution in [3.8, 4) is 0 Å². The average molecular weight is 361 g/mol. The minimum atomic E-state index is -0.0222. The number of rotatable bonds is 4. The number of carbonyl (C=O) groups excluding carboxylic acids is 2. The molecule has 2 heterocycles. The molecule has 3 aromatic rings. The van der Waals surface area contributed by atoms with E-state index in [1.165, 1.54) is 6.92 Å². The van der Waals surface area contributed by atoms with Gasteiger partial charge in [0.05, 0.1) is 11.0 Å². The zero-order valence-corrected chi connectivity index (χ0v) is 15.4. The van der Waals surface area contributed by atoms with Crippen molar-refractivity contribution in [1.82, 2.24) is 14.9 Å². The largest absolute Gasteiger partial charge is 0.342 e. The van der Waals surface area contributed by atoms with Crippen LogP contribution in [-0.2, 0) is 6.42 Å². The Hall–Kier alpha value is -2.95. The van der Waals surface area contributed by atoms with Crippen LogP contribution in [0.15, 0.2) is 48.5 Å². The fourth-order valence-electron chi connectivity index (χ4n) is 3.85. The van der Waals surface area contributed by atoms with Gasteiger partial charge in [-0.1, -0.05) is 24.3 Å². The van der Waals surface area contributed by atoms with E-state index in [-0.39, 0.29) is 11.7 Å². The first kappa shape index (κ1) is 17.5. The number of nitrogens with one attached hydrogen (secondary N) is 1. The monoisotopic (exact) mass is 361 g/mol. The van der Waals surface area contributed by atoms with Gasteiger partial charge in [-0.25, -0.2) is 4.98 Å². The number of fused-ring (bicyclic) bond motifs is 1. The number of nitrogens with zero attached hydrogens (tertiary/aromatic N) is 2. The van der Waals surface area contributed by atoms with E-state index in [2.05, 4.69) is 9.97 Å². The second-order valence-electron chi connectivity index (χ2n) is 7.30. The lowest BCUT2D eigenvalue weighted by atomic mass is 9.94. The van der Waals surface area contributed by atoms with Gasteiger partial charge in [0.1, 0.15) is 5.82 Å². The molecular formula is C22H23N3O2. The standard InChI is InChI=1S/C22H23N3O2/c1-15(26)17-7-4-8-18(13-17)22(27)25-11-5-6-16(14-25)12-21-23-19-9-2-3-10-20(19)24-21/h2-4,7-10,13,16H,5-6,11-12,14H2,1H3,(H,23,24)/t16-/m1/s1. The van der Waals surface area contributed by atoms with E-state index in [0.29, 0.717) is 17.0 Å². The van der Waals surface area contributed by atoms with Crippen LogP contribution in [0.3, 0.4) is 0 Å². The molecular weight excluding hydrogens is 338 g/mol. The fourth-order valence-corrected chi connectivity index (χ4v) is 3.85. The lowest BCUT2D eigenvalue weighted by molar-refractivity contribution is 0.0672. The number of Topliss-reactive ketones (excluding diaryl/α,β-unsaturated/α-hetero) is 1. The molecule has 1 aliphatic rings. The Labute approximate surface area is 158 Å². The maximum absolute atomic E-state index is 12.9. The number of carbonyl (C=O) groups is 2. The van der Waals surface area contributed by atoms with Crippen molar-refractivity contribution in [3.05, 3.63) is 65.5 Å². The van der Waals surface area contributed by atoms with Gasteiger partial charge < -0.3 is 9.88 Å². The second-order valence-corrected chi connectivity index (χ2v) is 7.30. The van der Waals surface area contributed by atoms with Crippen LogP contribution >= 0.6 is 0 Å². The number of aromatic amines is 1. The first-order valence-electron chi connectivity index (χ1n) is 9.44. The van der Waals surface area contributed by atoms with Gasteiger partial charge in [-0.3, -0.25) is 9.59 Å². The summed E-state index contributed by atoms with van der Waals surface area (Å²) in [6.07, 6.45) is 2.92. The van der Waals surface area contributed by atoms with Crippen LogP contribution < -0.4 is 0 Å². The van der Waals surface area contributed by atoms with Gasteiger partial charge in [0, 0.05) is 30.6 Å². The molecule has 0 saturated carbocycles. The molecule has 1 aliphatic heterocycles. The smallest absolute Gasteiger partial charge is 0.253 e. The van der Waals surface area contributed by atoms with Gasteiger partial charge in [-0.15, -0.1) is 0 Å². The number of likely N-dealkylation sites (tertiary alicyclic amines) is 1. The van der Waals surface area contributed by atoms with Crippen LogP contribution in [0.4, 0.5) is 0 Å². The van der Waals surface area contributed by atoms with Crippen molar-refractivity contribution in [1.29, 1.82) is 0 Å². The van der Waals surface area contributed by atoms with Gasteiger partial charge in [0.15, 0.2) is 5.78 Å². The predicted octanol–water partition coefficient (Wildman–Crippen LogP) is 3.86. The minimum absolute atomic E-state index is 0.00686. The fraction of sp³-hybridized carbons (Fsp3) is 0.318. The van der Waals surface area contributed by atoms with Crippen molar-refractivity contribution in [2.24, 2.45) is 5.92 Å². The third-order valence-corrected chi connectivity index (χ3v) is 5.24. The lowest BCUT2D eigenvalue weighted by Gasteiger charge is -2.32. The molecule has 1 aromatic heterocycles. The lowest BCUT2D eigenvalue weighted by Crippen LogP contribution is -2.40. The number of para-hydroxylation sites is 2. The molecule has 0 bridgehead atoms. The molecule has 5 nitrogen and oxygen atoms in total. The molecule has 0 unspecified atom stereocenters. The summed E-state index contributed by atoms with van der Waals surface area (Å²) in [6.45, 7) is 3.01. The number of ketones is 1. The molecule has 27 heavy (non-hydrogen) atoms. The van der Waals surface area contributed by atoms with Gasteiger partial charge >= 0.3 is 0 Å². The van der Waals surface area contributed by atoms with E-state index < -0.39 is 0 Å². The van der Waals surface area contributed by atoms with Crippen LogP contribution in [0.25, 0.3) is 11.0 Å². The van der Waals surface area contributed by atoms with E-state index in [0.717, 1.165) is 49.2 Å². The van der Waals surface area contributed by atoms with E-state index >= 15 is 0 Å². The van der Waals surface area contributed by atoms with Crippen molar-refractivity contribution >= 4 is 22.7 Å². The average Bonchev–Trinajstić information content (AvgIpc) is 3.10. The first-order chi connectivity index (χ1) is 13.1. The second kappa shape index (κ2) is 7.35. The minimum Gasteiger partial charge on any atom is -0.342 e. The number of amides is 1. The molecule has 138 valence electrons. The summed E-state index contributed by atoms with van der Waals surface area (Å²) >= 11 is 0. The maximum atomic E-state index is 12.9. The van der Waals surface area contributed by atoms with Gasteiger partial charge in [0.25, 0.3) is 5.91 Å². The van der Waals surface area contributed by atoms with E-state index in [1.807, 2.05) is 29.2 Å². The third-order valence-electron chi connectivity index (χ3n) is 5.24. The highest BCUT2D eigenvalue weighted by Gasteiger charge is 2.25. The molecule has 1 N–H and O–H groups in total. The molecule has 1 saturated heterocycles. The Balaban J connectivity index is 1.46. The quantitative estimate of drug-likeness (QED) is 0.718. The van der Waals surface area contributed by atoms with Crippen molar-refractivity contribution in [2.45, 2.75) is 26.2 Å². The van der Waals surface area contributed by atoms with Crippen LogP contribution in [0.5, 0.6) is 0 Å². The highest BCUT2D eigenvalue weighted by molar-refractivity contribution is 5.99. The summed E-state index contributed by atoms with van der Waals surface area (Å²) in [5, 5.41) is 0. The molecule has 0 radical (unpaired) electrons. The summed E-state index contributed by atoms with van der Waals surface area (Å²) in [5.41, 5.74) is 3.21. The molecule has 4 rings (SSSR count). The summed E-state index contributed by atoms with van der Waals surface area (Å²) in [5.74, 6) is 1.35. The zero-order valence-electron chi connectivity index (χ0n) is 15.4. The van der Waals surface area contributed by atoms with Crippen molar-refractivity contribution in [2.75, 3.05) is 13.1 Å². The molecule has 0 aliphatic carbocycles. The van der Waals surface area contributed by atoms with Gasteiger partial charge in [-0.2, -0.15) is 0 Å². The Morgan fingerprint density at radius 2 is 1.96 bits per heavy atom. The number of piperidine rings is 1. The Kier molecular flexibility index (Phi) is 4.75. The van der Waals surface area contributed by atoms with Crippen molar-refractivity contribution < 1.29 is 9.59 Å². The molecule has 5 heteroatoms. The molecule has 2 aromatic carbocycles.